The van der Waals surface area contributed by atoms with E-state index in [0.29, 0.717) is 23.4 Å². The molecule has 15 heavy (non-hydrogen) atoms. The molecule has 0 spiro atoms. The van der Waals surface area contributed by atoms with Crippen molar-refractivity contribution < 1.29 is 9.50 Å². The number of rotatable bonds is 5. The van der Waals surface area contributed by atoms with Crippen LogP contribution in [0.3, 0.4) is 0 Å². The van der Waals surface area contributed by atoms with Gasteiger partial charge in [0.2, 0.25) is 0 Å². The van der Waals surface area contributed by atoms with Gasteiger partial charge in [-0.15, -0.1) is 0 Å². The van der Waals surface area contributed by atoms with Crippen LogP contribution in [0.2, 0.25) is 0 Å². The zero-order valence-corrected chi connectivity index (χ0v) is 10.1. The molecule has 1 rings (SSSR count). The quantitative estimate of drug-likeness (QED) is 0.868. The van der Waals surface area contributed by atoms with E-state index < -0.39 is 0 Å². The van der Waals surface area contributed by atoms with Crippen LogP contribution in [0.4, 0.5) is 10.2 Å². The maximum atomic E-state index is 13.3. The van der Waals surface area contributed by atoms with Crippen molar-refractivity contribution in [2.75, 3.05) is 18.5 Å². The number of pyridine rings is 1. The Morgan fingerprint density at radius 2 is 2.40 bits per heavy atom. The standard InChI is InChI=1S/C10H14BrFN2O/c1-7(2-3-15)5-13-10-9(12)4-8(11)6-14-10/h4,6-7,15H,2-3,5H2,1H3,(H,13,14). The molecule has 0 amide bonds. The molecule has 1 atom stereocenters. The van der Waals surface area contributed by atoms with Crippen molar-refractivity contribution >= 4 is 21.7 Å². The Labute approximate surface area is 96.9 Å². The summed E-state index contributed by atoms with van der Waals surface area (Å²) in [5.74, 6) is 0.170. The summed E-state index contributed by atoms with van der Waals surface area (Å²) in [5, 5.41) is 11.6. The van der Waals surface area contributed by atoms with Crippen molar-refractivity contribution in [2.24, 2.45) is 5.92 Å². The molecule has 0 radical (unpaired) electrons. The molecule has 0 bridgehead atoms. The van der Waals surface area contributed by atoms with E-state index in [0.717, 1.165) is 0 Å². The van der Waals surface area contributed by atoms with Crippen molar-refractivity contribution in [1.82, 2.24) is 4.98 Å². The molecule has 0 aromatic carbocycles. The van der Waals surface area contributed by atoms with E-state index in [4.69, 9.17) is 5.11 Å². The summed E-state index contributed by atoms with van der Waals surface area (Å²) in [5.41, 5.74) is 0. The molecule has 0 saturated carbocycles. The molecule has 0 aliphatic carbocycles. The second kappa shape index (κ2) is 6.02. The average molecular weight is 277 g/mol. The monoisotopic (exact) mass is 276 g/mol. The summed E-state index contributed by atoms with van der Waals surface area (Å²) in [6, 6.07) is 1.37. The molecule has 3 nitrogen and oxygen atoms in total. The van der Waals surface area contributed by atoms with Gasteiger partial charge < -0.3 is 10.4 Å². The van der Waals surface area contributed by atoms with Crippen LogP contribution in [0.5, 0.6) is 0 Å². The van der Waals surface area contributed by atoms with Gasteiger partial charge in [0.05, 0.1) is 0 Å². The third-order valence-corrected chi connectivity index (χ3v) is 2.48. The van der Waals surface area contributed by atoms with E-state index in [1.165, 1.54) is 6.07 Å². The van der Waals surface area contributed by atoms with Gasteiger partial charge in [-0.25, -0.2) is 9.37 Å². The van der Waals surface area contributed by atoms with Crippen molar-refractivity contribution in [1.29, 1.82) is 0 Å². The molecular weight excluding hydrogens is 263 g/mol. The first-order chi connectivity index (χ1) is 7.13. The minimum atomic E-state index is -0.374. The van der Waals surface area contributed by atoms with E-state index in [1.54, 1.807) is 6.20 Å². The summed E-state index contributed by atoms with van der Waals surface area (Å²) >= 11 is 3.14. The molecular formula is C10H14BrFN2O. The second-order valence-electron chi connectivity index (χ2n) is 3.48. The van der Waals surface area contributed by atoms with Crippen LogP contribution in [-0.2, 0) is 0 Å². The van der Waals surface area contributed by atoms with Gasteiger partial charge >= 0.3 is 0 Å². The van der Waals surface area contributed by atoms with E-state index in [2.05, 4.69) is 26.2 Å². The molecule has 1 aromatic rings. The number of halogens is 2. The van der Waals surface area contributed by atoms with Crippen molar-refractivity contribution in [3.05, 3.63) is 22.6 Å². The molecule has 1 aromatic heterocycles. The minimum absolute atomic E-state index is 0.152. The number of hydrogen-bond acceptors (Lipinski definition) is 3. The van der Waals surface area contributed by atoms with Crippen LogP contribution in [0.15, 0.2) is 16.7 Å². The lowest BCUT2D eigenvalue weighted by molar-refractivity contribution is 0.265. The number of aromatic nitrogens is 1. The fraction of sp³-hybridized carbons (Fsp3) is 0.500. The third kappa shape index (κ3) is 4.13. The van der Waals surface area contributed by atoms with Gasteiger partial charge in [-0.2, -0.15) is 0 Å². The summed E-state index contributed by atoms with van der Waals surface area (Å²) in [6.07, 6.45) is 2.24. The van der Waals surface area contributed by atoms with Crippen LogP contribution in [0.1, 0.15) is 13.3 Å². The SMILES string of the molecule is CC(CCO)CNc1ncc(Br)cc1F. The normalized spacial score (nSPS) is 12.5. The topological polar surface area (TPSA) is 45.1 Å². The predicted octanol–water partition coefficient (Wildman–Crippen LogP) is 2.41. The van der Waals surface area contributed by atoms with Gasteiger partial charge in [0.15, 0.2) is 11.6 Å². The van der Waals surface area contributed by atoms with Gasteiger partial charge in [0, 0.05) is 23.8 Å². The fourth-order valence-electron chi connectivity index (χ4n) is 1.14. The zero-order valence-electron chi connectivity index (χ0n) is 8.50. The number of hydrogen-bond donors (Lipinski definition) is 2. The van der Waals surface area contributed by atoms with Gasteiger partial charge in [0.25, 0.3) is 0 Å². The number of nitrogens with one attached hydrogen (secondary N) is 1. The van der Waals surface area contributed by atoms with E-state index >= 15 is 0 Å². The molecule has 5 heteroatoms. The lowest BCUT2D eigenvalue weighted by Crippen LogP contribution is -2.14. The van der Waals surface area contributed by atoms with Crippen molar-refractivity contribution in [3.8, 4) is 0 Å². The van der Waals surface area contributed by atoms with Gasteiger partial charge in [-0.3, -0.25) is 0 Å². The van der Waals surface area contributed by atoms with Crippen LogP contribution < -0.4 is 5.32 Å². The average Bonchev–Trinajstić information content (AvgIpc) is 2.17. The van der Waals surface area contributed by atoms with Gasteiger partial charge in [-0.1, -0.05) is 6.92 Å². The largest absolute Gasteiger partial charge is 0.396 e. The smallest absolute Gasteiger partial charge is 0.166 e. The maximum absolute atomic E-state index is 13.3. The molecule has 84 valence electrons. The second-order valence-corrected chi connectivity index (χ2v) is 4.40. The lowest BCUT2D eigenvalue weighted by atomic mass is 10.1. The van der Waals surface area contributed by atoms with Crippen LogP contribution in [0.25, 0.3) is 0 Å². The summed E-state index contributed by atoms with van der Waals surface area (Å²) in [7, 11) is 0. The first-order valence-corrected chi connectivity index (χ1v) is 5.58. The fourth-order valence-corrected chi connectivity index (χ4v) is 1.44. The van der Waals surface area contributed by atoms with E-state index in [1.807, 2.05) is 6.92 Å². The Bertz CT molecular complexity index is 322. The molecule has 0 aliphatic rings. The van der Waals surface area contributed by atoms with Crippen LogP contribution >= 0.6 is 15.9 Å². The highest BCUT2D eigenvalue weighted by atomic mass is 79.9. The van der Waals surface area contributed by atoms with Gasteiger partial charge in [-0.05, 0) is 34.3 Å². The number of aliphatic hydroxyl groups is 1. The molecule has 0 saturated heterocycles. The maximum Gasteiger partial charge on any atom is 0.166 e. The Kier molecular flexibility index (Phi) is 4.98. The summed E-state index contributed by atoms with van der Waals surface area (Å²) < 4.78 is 13.9. The highest BCUT2D eigenvalue weighted by molar-refractivity contribution is 9.10. The van der Waals surface area contributed by atoms with Crippen LogP contribution in [0, 0.1) is 11.7 Å². The van der Waals surface area contributed by atoms with E-state index in [9.17, 15) is 4.39 Å². The molecule has 2 N–H and O–H groups in total. The van der Waals surface area contributed by atoms with Crippen LogP contribution in [-0.4, -0.2) is 23.2 Å². The first kappa shape index (κ1) is 12.4. The summed E-state index contributed by atoms with van der Waals surface area (Å²) in [4.78, 5) is 3.91. The van der Waals surface area contributed by atoms with Crippen molar-refractivity contribution in [2.45, 2.75) is 13.3 Å². The van der Waals surface area contributed by atoms with Gasteiger partial charge in [0.1, 0.15) is 0 Å². The lowest BCUT2D eigenvalue weighted by Gasteiger charge is -2.11. The third-order valence-electron chi connectivity index (χ3n) is 2.05. The van der Waals surface area contributed by atoms with Crippen molar-refractivity contribution in [3.63, 3.8) is 0 Å². The zero-order chi connectivity index (χ0) is 11.3. The minimum Gasteiger partial charge on any atom is -0.396 e. The molecule has 0 aliphatic heterocycles. The summed E-state index contributed by atoms with van der Waals surface area (Å²) in [6.45, 7) is 2.74. The highest BCUT2D eigenvalue weighted by Crippen LogP contribution is 2.16. The molecule has 1 heterocycles. The molecule has 0 fully saturated rings. The van der Waals surface area contributed by atoms with E-state index in [-0.39, 0.29) is 18.2 Å². The highest BCUT2D eigenvalue weighted by Gasteiger charge is 2.06. The number of aliphatic hydroxyl groups excluding tert-OH is 1. The molecule has 1 unspecified atom stereocenters. The Morgan fingerprint density at radius 1 is 1.67 bits per heavy atom. The Balaban J connectivity index is 2.50. The first-order valence-electron chi connectivity index (χ1n) is 4.79. The number of anilines is 1. The number of nitrogens with zero attached hydrogens (tertiary/aromatic N) is 1. The Morgan fingerprint density at radius 3 is 3.00 bits per heavy atom. The Hall–Kier alpha value is -0.680. The predicted molar refractivity (Wildman–Crippen MR) is 61.3 cm³/mol.